The third kappa shape index (κ3) is 5.84. The molecule has 1 aromatic carbocycles. The minimum absolute atomic E-state index is 0.0317. The molecule has 1 amide bonds. The Morgan fingerprint density at radius 1 is 1.19 bits per heavy atom. The van der Waals surface area contributed by atoms with Crippen LogP contribution in [0.1, 0.15) is 44.9 Å². The van der Waals surface area contributed by atoms with Crippen molar-refractivity contribution in [2.45, 2.75) is 56.9 Å². The Morgan fingerprint density at radius 3 is 2.61 bits per heavy atom. The van der Waals surface area contributed by atoms with E-state index in [0.717, 1.165) is 24.3 Å². The number of amides is 1. The topological polar surface area (TPSA) is 87.5 Å². The number of carbonyl (C=O) groups excluding carboxylic acids is 1. The number of fused-ring (bicyclic) bond motifs is 1. The van der Waals surface area contributed by atoms with Gasteiger partial charge in [-0.2, -0.15) is 0 Å². The Morgan fingerprint density at radius 2 is 1.94 bits per heavy atom. The zero-order valence-corrected chi connectivity index (χ0v) is 19.7. The van der Waals surface area contributed by atoms with Crippen molar-refractivity contribution >= 4 is 27.0 Å². The van der Waals surface area contributed by atoms with Crippen LogP contribution in [0, 0.1) is 0 Å². The molecular weight excluding hydrogens is 414 g/mol. The summed E-state index contributed by atoms with van der Waals surface area (Å²) in [6, 6.07) is 5.03. The fourth-order valence-electron chi connectivity index (χ4n) is 4.10. The number of piperidine rings is 1. The van der Waals surface area contributed by atoms with Crippen LogP contribution < -0.4 is 5.32 Å². The van der Waals surface area contributed by atoms with Gasteiger partial charge < -0.3 is 14.8 Å². The predicted molar refractivity (Wildman–Crippen MR) is 123 cm³/mol. The normalized spacial score (nSPS) is 15.6. The second-order valence-corrected chi connectivity index (χ2v) is 10.5. The van der Waals surface area contributed by atoms with Crippen molar-refractivity contribution in [2.24, 2.45) is 0 Å². The minimum Gasteiger partial charge on any atom is -0.356 e. The monoisotopic (exact) mass is 449 g/mol. The molecule has 0 unspecified atom stereocenters. The molecule has 1 N–H and O–H groups in total. The summed E-state index contributed by atoms with van der Waals surface area (Å²) >= 11 is 0. The van der Waals surface area contributed by atoms with Crippen LogP contribution >= 0.6 is 0 Å². The molecule has 0 radical (unpaired) electrons. The average molecular weight is 450 g/mol. The number of hydrogen-bond donors (Lipinski definition) is 1. The van der Waals surface area contributed by atoms with E-state index in [1.54, 1.807) is 18.2 Å². The lowest BCUT2D eigenvalue weighted by atomic mass is 10.1. The van der Waals surface area contributed by atoms with Crippen molar-refractivity contribution in [2.75, 3.05) is 40.3 Å². The molecule has 0 saturated carbocycles. The molecule has 31 heavy (non-hydrogen) atoms. The minimum atomic E-state index is -3.51. The number of carbonyl (C=O) groups is 1. The van der Waals surface area contributed by atoms with Crippen molar-refractivity contribution in [3.8, 4) is 0 Å². The van der Waals surface area contributed by atoms with Crippen molar-refractivity contribution in [3.63, 3.8) is 0 Å². The van der Waals surface area contributed by atoms with Gasteiger partial charge in [0.15, 0.2) is 0 Å². The summed E-state index contributed by atoms with van der Waals surface area (Å²) in [5, 5.41) is 3.02. The zero-order chi connectivity index (χ0) is 22.4. The van der Waals surface area contributed by atoms with Crippen molar-refractivity contribution in [3.05, 3.63) is 24.0 Å². The molecule has 1 aromatic heterocycles. The quantitative estimate of drug-likeness (QED) is 0.562. The van der Waals surface area contributed by atoms with E-state index in [2.05, 4.69) is 15.2 Å². The highest BCUT2D eigenvalue weighted by Crippen LogP contribution is 2.22. The fourth-order valence-corrected chi connectivity index (χ4v) is 5.02. The van der Waals surface area contributed by atoms with Gasteiger partial charge in [0, 0.05) is 40.0 Å². The molecule has 1 aliphatic heterocycles. The van der Waals surface area contributed by atoms with Gasteiger partial charge in [0.1, 0.15) is 5.82 Å². The molecule has 8 nitrogen and oxygen atoms in total. The first-order chi connectivity index (χ1) is 14.8. The fraction of sp³-hybridized carbons (Fsp3) is 0.636. The molecule has 1 fully saturated rings. The second-order valence-electron chi connectivity index (χ2n) is 8.32. The molecule has 0 aliphatic carbocycles. The molecule has 0 atom stereocenters. The van der Waals surface area contributed by atoms with Gasteiger partial charge in [0.2, 0.25) is 15.9 Å². The number of rotatable bonds is 10. The zero-order valence-electron chi connectivity index (χ0n) is 18.9. The molecule has 1 aliphatic rings. The largest absolute Gasteiger partial charge is 0.356 e. The predicted octanol–water partition coefficient (Wildman–Crippen LogP) is 2.23. The highest BCUT2D eigenvalue weighted by atomic mass is 32.2. The lowest BCUT2D eigenvalue weighted by molar-refractivity contribution is -0.121. The lowest BCUT2D eigenvalue weighted by Crippen LogP contribution is -2.33. The average Bonchev–Trinajstić information content (AvgIpc) is 3.12. The van der Waals surface area contributed by atoms with Crippen LogP contribution in [0.15, 0.2) is 23.1 Å². The van der Waals surface area contributed by atoms with Crippen LogP contribution in [0.4, 0.5) is 0 Å². The van der Waals surface area contributed by atoms with E-state index < -0.39 is 10.0 Å². The molecule has 1 saturated heterocycles. The third-order valence-corrected chi connectivity index (χ3v) is 7.70. The van der Waals surface area contributed by atoms with Crippen LogP contribution in [0.25, 0.3) is 11.0 Å². The summed E-state index contributed by atoms with van der Waals surface area (Å²) < 4.78 is 28.1. The maximum absolute atomic E-state index is 12.4. The number of likely N-dealkylation sites (tertiary alicyclic amines) is 1. The van der Waals surface area contributed by atoms with Crippen LogP contribution in [0.5, 0.6) is 0 Å². The van der Waals surface area contributed by atoms with E-state index in [4.69, 9.17) is 0 Å². The Balaban J connectivity index is 1.57. The maximum atomic E-state index is 12.4. The van der Waals surface area contributed by atoms with Crippen LogP contribution in [0.2, 0.25) is 0 Å². The van der Waals surface area contributed by atoms with Crippen LogP contribution in [-0.2, 0) is 27.8 Å². The summed E-state index contributed by atoms with van der Waals surface area (Å²) in [5.74, 6) is 0.838. The lowest BCUT2D eigenvalue weighted by Gasteiger charge is -2.26. The number of aromatic nitrogens is 2. The summed E-state index contributed by atoms with van der Waals surface area (Å²) in [6.07, 6.45) is 5.78. The number of aryl methyl sites for hydroxylation is 2. The number of hydrogen-bond acceptors (Lipinski definition) is 5. The van der Waals surface area contributed by atoms with E-state index in [-0.39, 0.29) is 10.8 Å². The van der Waals surface area contributed by atoms with E-state index in [0.29, 0.717) is 31.4 Å². The standard InChI is InChI=1S/C22H35N5O3S/c1-4-27-20-10-9-18(31(29,30)25(2)3)17-19(20)24-21(27)11-12-22(28)23-13-8-16-26-14-6-5-7-15-26/h9-10,17H,4-8,11-16H2,1-3H3,(H,23,28). The number of nitrogens with one attached hydrogen (secondary N) is 1. The van der Waals surface area contributed by atoms with Crippen molar-refractivity contribution in [1.29, 1.82) is 0 Å². The Labute approximate surface area is 185 Å². The van der Waals surface area contributed by atoms with Gasteiger partial charge in [0.25, 0.3) is 0 Å². The molecular formula is C22H35N5O3S. The van der Waals surface area contributed by atoms with Gasteiger partial charge in [-0.15, -0.1) is 0 Å². The highest BCUT2D eigenvalue weighted by Gasteiger charge is 2.19. The van der Waals surface area contributed by atoms with Gasteiger partial charge in [-0.25, -0.2) is 17.7 Å². The van der Waals surface area contributed by atoms with Crippen molar-refractivity contribution in [1.82, 2.24) is 24.1 Å². The molecule has 9 heteroatoms. The van der Waals surface area contributed by atoms with Crippen LogP contribution in [0.3, 0.4) is 0 Å². The smallest absolute Gasteiger partial charge is 0.242 e. The van der Waals surface area contributed by atoms with Gasteiger partial charge in [-0.3, -0.25) is 4.79 Å². The van der Waals surface area contributed by atoms with Gasteiger partial charge in [0.05, 0.1) is 15.9 Å². The first-order valence-corrected chi connectivity index (χ1v) is 12.7. The SMILES string of the molecule is CCn1c(CCC(=O)NCCCN2CCCCC2)nc2cc(S(=O)(=O)N(C)C)ccc21. The Bertz CT molecular complexity index is 994. The maximum Gasteiger partial charge on any atom is 0.242 e. The highest BCUT2D eigenvalue weighted by molar-refractivity contribution is 7.89. The molecule has 172 valence electrons. The molecule has 2 aromatic rings. The van der Waals surface area contributed by atoms with E-state index in [1.165, 1.54) is 50.8 Å². The second kappa shape index (κ2) is 10.6. The summed E-state index contributed by atoms with van der Waals surface area (Å²) in [7, 11) is -0.480. The summed E-state index contributed by atoms with van der Waals surface area (Å²) in [6.45, 7) is 6.84. The summed E-state index contributed by atoms with van der Waals surface area (Å²) in [5.41, 5.74) is 1.53. The third-order valence-electron chi connectivity index (χ3n) is 5.89. The first kappa shape index (κ1) is 23.7. The Kier molecular flexibility index (Phi) is 8.07. The van der Waals surface area contributed by atoms with Crippen molar-refractivity contribution < 1.29 is 13.2 Å². The molecule has 2 heterocycles. The van der Waals surface area contributed by atoms with Gasteiger partial charge >= 0.3 is 0 Å². The summed E-state index contributed by atoms with van der Waals surface area (Å²) in [4.78, 5) is 19.6. The van der Waals surface area contributed by atoms with E-state index in [9.17, 15) is 13.2 Å². The van der Waals surface area contributed by atoms with Crippen LogP contribution in [-0.4, -0.2) is 73.4 Å². The number of nitrogens with zero attached hydrogens (tertiary/aromatic N) is 4. The first-order valence-electron chi connectivity index (χ1n) is 11.2. The molecule has 3 rings (SSSR count). The molecule has 0 bridgehead atoms. The van der Waals surface area contributed by atoms with Gasteiger partial charge in [-0.1, -0.05) is 6.42 Å². The van der Waals surface area contributed by atoms with Gasteiger partial charge in [-0.05, 0) is 64.0 Å². The Hall–Kier alpha value is -1.97. The van der Waals surface area contributed by atoms with E-state index in [1.807, 2.05) is 11.5 Å². The number of benzene rings is 1. The number of imidazole rings is 1. The number of sulfonamides is 1. The molecule has 0 spiro atoms. The van der Waals surface area contributed by atoms with E-state index >= 15 is 0 Å².